The van der Waals surface area contributed by atoms with Gasteiger partial charge in [0.05, 0.1) is 6.61 Å². The molecular weight excluding hydrogens is 365 g/mol. The number of carbonyl (C=O) groups excluding carboxylic acids is 1. The van der Waals surface area contributed by atoms with Crippen molar-refractivity contribution in [3.8, 4) is 11.1 Å². The van der Waals surface area contributed by atoms with Crippen LogP contribution in [0.2, 0.25) is 0 Å². The van der Waals surface area contributed by atoms with Gasteiger partial charge in [-0.3, -0.25) is 4.79 Å². The number of aryl methyl sites for hydroxylation is 2. The van der Waals surface area contributed by atoms with Crippen LogP contribution in [0.5, 0.6) is 0 Å². The summed E-state index contributed by atoms with van der Waals surface area (Å²) in [5.74, 6) is -0.620. The topological polar surface area (TPSA) is 63.3 Å². The first-order valence-electron chi connectivity index (χ1n) is 9.69. The zero-order valence-corrected chi connectivity index (χ0v) is 16.8. The van der Waals surface area contributed by atoms with Gasteiger partial charge in [0.1, 0.15) is 5.82 Å². The zero-order chi connectivity index (χ0) is 21.0. The molecule has 3 N–H and O–H groups in total. The third-order valence-electron chi connectivity index (χ3n) is 5.16. The van der Waals surface area contributed by atoms with Crippen LogP contribution in [0.25, 0.3) is 11.1 Å². The second-order valence-electron chi connectivity index (χ2n) is 7.90. The van der Waals surface area contributed by atoms with Crippen LogP contribution in [-0.2, 0) is 6.42 Å². The highest BCUT2D eigenvalue weighted by molar-refractivity contribution is 6.09. The van der Waals surface area contributed by atoms with Crippen molar-refractivity contribution in [2.45, 2.75) is 32.2 Å². The lowest BCUT2D eigenvalue weighted by molar-refractivity contribution is 0.103. The third-order valence-corrected chi connectivity index (χ3v) is 5.16. The third kappa shape index (κ3) is 5.17. The molecule has 3 aromatic rings. The Hall–Kier alpha value is -2.82. The summed E-state index contributed by atoms with van der Waals surface area (Å²) >= 11 is 0. The summed E-state index contributed by atoms with van der Waals surface area (Å²) in [4.78, 5) is 12.6. The first kappa shape index (κ1) is 20.9. The van der Waals surface area contributed by atoms with Gasteiger partial charge in [-0.15, -0.1) is 0 Å². The zero-order valence-electron chi connectivity index (χ0n) is 16.8. The van der Waals surface area contributed by atoms with Crippen LogP contribution in [0, 0.1) is 12.7 Å². The van der Waals surface area contributed by atoms with Crippen molar-refractivity contribution in [1.82, 2.24) is 0 Å². The fourth-order valence-corrected chi connectivity index (χ4v) is 3.12. The van der Waals surface area contributed by atoms with Crippen LogP contribution in [0.4, 0.5) is 4.39 Å². The molecule has 150 valence electrons. The lowest BCUT2D eigenvalue weighted by Gasteiger charge is -2.21. The Kier molecular flexibility index (Phi) is 6.26. The molecule has 0 aromatic heterocycles. The van der Waals surface area contributed by atoms with Crippen LogP contribution in [0.1, 0.15) is 40.4 Å². The lowest BCUT2D eigenvalue weighted by atomic mass is 9.94. The molecule has 1 unspecified atom stereocenters. The van der Waals surface area contributed by atoms with E-state index in [1.165, 1.54) is 6.07 Å². The van der Waals surface area contributed by atoms with E-state index < -0.39 is 11.4 Å². The summed E-state index contributed by atoms with van der Waals surface area (Å²) in [7, 11) is 0. The molecule has 29 heavy (non-hydrogen) atoms. The van der Waals surface area contributed by atoms with Gasteiger partial charge < -0.3 is 10.8 Å². The summed E-state index contributed by atoms with van der Waals surface area (Å²) in [5.41, 5.74) is 9.58. The number of aliphatic hydroxyl groups excluding tert-OH is 1. The Morgan fingerprint density at radius 1 is 1.00 bits per heavy atom. The van der Waals surface area contributed by atoms with Gasteiger partial charge in [-0.25, -0.2) is 4.39 Å². The summed E-state index contributed by atoms with van der Waals surface area (Å²) in [6.07, 6.45) is 1.40. The molecule has 0 radical (unpaired) electrons. The second-order valence-corrected chi connectivity index (χ2v) is 7.90. The molecule has 0 aliphatic heterocycles. The van der Waals surface area contributed by atoms with Crippen LogP contribution >= 0.6 is 0 Å². The van der Waals surface area contributed by atoms with Crippen LogP contribution in [0.3, 0.4) is 0 Å². The van der Waals surface area contributed by atoms with Gasteiger partial charge >= 0.3 is 0 Å². The van der Waals surface area contributed by atoms with Gasteiger partial charge in [0.25, 0.3) is 0 Å². The molecule has 0 heterocycles. The van der Waals surface area contributed by atoms with Crippen LogP contribution in [0.15, 0.2) is 66.7 Å². The Morgan fingerprint density at radius 3 is 2.21 bits per heavy atom. The van der Waals surface area contributed by atoms with Crippen molar-refractivity contribution in [3.05, 3.63) is 94.8 Å². The van der Waals surface area contributed by atoms with Gasteiger partial charge in [-0.05, 0) is 43.9 Å². The van der Waals surface area contributed by atoms with Crippen molar-refractivity contribution in [2.24, 2.45) is 5.73 Å². The number of rotatable bonds is 7. The second kappa shape index (κ2) is 8.68. The van der Waals surface area contributed by atoms with E-state index in [-0.39, 0.29) is 12.4 Å². The average Bonchev–Trinajstić information content (AvgIpc) is 2.73. The normalized spacial score (nSPS) is 13.1. The monoisotopic (exact) mass is 391 g/mol. The number of hydrogen-bond acceptors (Lipinski definition) is 3. The van der Waals surface area contributed by atoms with Crippen molar-refractivity contribution in [2.75, 3.05) is 6.61 Å². The quantitative estimate of drug-likeness (QED) is 0.575. The van der Waals surface area contributed by atoms with E-state index in [0.29, 0.717) is 23.1 Å². The van der Waals surface area contributed by atoms with Crippen molar-refractivity contribution >= 4 is 5.78 Å². The minimum atomic E-state index is -0.607. The maximum absolute atomic E-state index is 14.7. The molecule has 1 atom stereocenters. The van der Waals surface area contributed by atoms with E-state index in [4.69, 9.17) is 5.73 Å². The Labute approximate surface area is 171 Å². The van der Waals surface area contributed by atoms with E-state index in [9.17, 15) is 14.3 Å². The molecule has 3 aromatic carbocycles. The Bertz CT molecular complexity index is 992. The highest BCUT2D eigenvalue weighted by Crippen LogP contribution is 2.25. The van der Waals surface area contributed by atoms with Crippen molar-refractivity contribution in [1.29, 1.82) is 0 Å². The molecule has 0 saturated carbocycles. The summed E-state index contributed by atoms with van der Waals surface area (Å²) in [6.45, 7) is 3.70. The number of benzene rings is 3. The molecule has 3 nitrogen and oxygen atoms in total. The minimum absolute atomic E-state index is 0.0655. The first-order valence-corrected chi connectivity index (χ1v) is 9.69. The molecule has 0 spiro atoms. The molecule has 3 rings (SSSR count). The maximum Gasteiger partial charge on any atom is 0.193 e. The lowest BCUT2D eigenvalue weighted by Crippen LogP contribution is -2.40. The van der Waals surface area contributed by atoms with Gasteiger partial charge in [0, 0.05) is 22.2 Å². The average molecular weight is 391 g/mol. The molecule has 0 amide bonds. The molecule has 0 saturated heterocycles. The number of halogens is 1. The van der Waals surface area contributed by atoms with E-state index in [2.05, 4.69) is 0 Å². The summed E-state index contributed by atoms with van der Waals surface area (Å²) < 4.78 is 14.7. The van der Waals surface area contributed by atoms with Crippen LogP contribution < -0.4 is 5.73 Å². The molecule has 0 fully saturated rings. The summed E-state index contributed by atoms with van der Waals surface area (Å²) in [6, 6.07) is 19.5. The predicted octanol–water partition coefficient (Wildman–Crippen LogP) is 4.67. The fraction of sp³-hybridized carbons (Fsp3) is 0.240. The number of ketones is 1. The smallest absolute Gasteiger partial charge is 0.193 e. The Morgan fingerprint density at radius 2 is 1.62 bits per heavy atom. The number of nitrogens with two attached hydrogens (primary N) is 1. The van der Waals surface area contributed by atoms with E-state index in [1.54, 1.807) is 24.3 Å². The van der Waals surface area contributed by atoms with Crippen molar-refractivity contribution < 1.29 is 14.3 Å². The molecule has 0 bridgehead atoms. The Balaban J connectivity index is 1.76. The number of aliphatic hydroxyl groups is 1. The largest absolute Gasteiger partial charge is 0.394 e. The standard InChI is InChI=1S/C25H26FNO2/c1-17-3-7-20(8-4-17)24(29)21-11-12-22(23(26)15-21)19-9-5-18(6-10-19)13-14-25(2,27)16-28/h3-12,15,28H,13-14,16,27H2,1-2H3. The number of carbonyl (C=O) groups is 1. The maximum atomic E-state index is 14.7. The fourth-order valence-electron chi connectivity index (χ4n) is 3.12. The van der Waals surface area contributed by atoms with Gasteiger partial charge in [0.2, 0.25) is 0 Å². The van der Waals surface area contributed by atoms with Crippen molar-refractivity contribution in [3.63, 3.8) is 0 Å². The first-order chi connectivity index (χ1) is 13.8. The van der Waals surface area contributed by atoms with Gasteiger partial charge in [0.15, 0.2) is 5.78 Å². The molecular formula is C25H26FNO2. The number of hydrogen-bond donors (Lipinski definition) is 2. The summed E-state index contributed by atoms with van der Waals surface area (Å²) in [5, 5.41) is 9.25. The highest BCUT2D eigenvalue weighted by atomic mass is 19.1. The molecule has 0 aliphatic carbocycles. The van der Waals surface area contributed by atoms with E-state index in [1.807, 2.05) is 50.2 Å². The van der Waals surface area contributed by atoms with E-state index in [0.717, 1.165) is 23.1 Å². The minimum Gasteiger partial charge on any atom is -0.394 e. The highest BCUT2D eigenvalue weighted by Gasteiger charge is 2.17. The predicted molar refractivity (Wildman–Crippen MR) is 114 cm³/mol. The van der Waals surface area contributed by atoms with Crippen LogP contribution in [-0.4, -0.2) is 23.0 Å². The molecule has 4 heteroatoms. The molecule has 0 aliphatic rings. The SMILES string of the molecule is Cc1ccc(C(=O)c2ccc(-c3ccc(CCC(C)(N)CO)cc3)c(F)c2)cc1. The van der Waals surface area contributed by atoms with E-state index >= 15 is 0 Å². The van der Waals surface area contributed by atoms with Gasteiger partial charge in [-0.1, -0.05) is 66.2 Å². The van der Waals surface area contributed by atoms with Gasteiger partial charge in [-0.2, -0.15) is 0 Å².